The molecule has 3 heteroatoms. The zero-order chi connectivity index (χ0) is 12.5. The topological polar surface area (TPSA) is 34.4 Å². The van der Waals surface area contributed by atoms with Gasteiger partial charge >= 0.3 is 0 Å². The average molecular weight is 239 g/mol. The van der Waals surface area contributed by atoms with E-state index in [2.05, 4.69) is 25.2 Å². The first kappa shape index (κ1) is 14.3. The number of hydrogen-bond acceptors (Lipinski definition) is 3. The molecule has 0 aromatic carbocycles. The van der Waals surface area contributed by atoms with E-state index in [4.69, 9.17) is 9.15 Å². The molecule has 1 rings (SSSR count). The van der Waals surface area contributed by atoms with Gasteiger partial charge in [-0.05, 0) is 26.0 Å². The molecule has 0 atom stereocenters. The highest BCUT2D eigenvalue weighted by atomic mass is 16.5. The molecule has 1 heterocycles. The van der Waals surface area contributed by atoms with Gasteiger partial charge < -0.3 is 14.5 Å². The Morgan fingerprint density at radius 2 is 2.12 bits per heavy atom. The minimum atomic E-state index is 0.594. The molecular formula is C14H25NO2. The van der Waals surface area contributed by atoms with E-state index in [0.29, 0.717) is 6.61 Å². The van der Waals surface area contributed by atoms with E-state index in [0.717, 1.165) is 37.6 Å². The van der Waals surface area contributed by atoms with Crippen LogP contribution in [0.1, 0.15) is 50.2 Å². The molecule has 0 bridgehead atoms. The summed E-state index contributed by atoms with van der Waals surface area (Å²) in [7, 11) is 0. The minimum absolute atomic E-state index is 0.594. The molecule has 0 aliphatic carbocycles. The normalized spacial score (nSPS) is 11.0. The highest BCUT2D eigenvalue weighted by Gasteiger charge is 2.06. The minimum Gasteiger partial charge on any atom is -0.464 e. The first-order chi connectivity index (χ1) is 8.27. The van der Waals surface area contributed by atoms with Crippen molar-refractivity contribution in [1.82, 2.24) is 5.32 Å². The van der Waals surface area contributed by atoms with E-state index >= 15 is 0 Å². The van der Waals surface area contributed by atoms with Crippen LogP contribution >= 0.6 is 0 Å². The van der Waals surface area contributed by atoms with Crippen molar-refractivity contribution in [2.24, 2.45) is 0 Å². The van der Waals surface area contributed by atoms with Crippen LogP contribution in [0.25, 0.3) is 0 Å². The third-order valence-corrected chi connectivity index (χ3v) is 2.77. The van der Waals surface area contributed by atoms with Gasteiger partial charge in [0.15, 0.2) is 0 Å². The summed E-state index contributed by atoms with van der Waals surface area (Å²) in [5.41, 5.74) is 1.24. The fraction of sp³-hybridized carbons (Fsp3) is 0.714. The Morgan fingerprint density at radius 1 is 1.29 bits per heavy atom. The molecule has 17 heavy (non-hydrogen) atoms. The first-order valence-corrected chi connectivity index (χ1v) is 6.64. The fourth-order valence-corrected chi connectivity index (χ4v) is 1.72. The number of aryl methyl sites for hydroxylation is 1. The molecule has 98 valence electrons. The Labute approximate surface area is 105 Å². The Kier molecular flexibility index (Phi) is 6.97. The summed E-state index contributed by atoms with van der Waals surface area (Å²) in [6, 6.07) is 2.10. The molecule has 0 spiro atoms. The molecule has 0 amide bonds. The van der Waals surface area contributed by atoms with Gasteiger partial charge in [-0.3, -0.25) is 0 Å². The van der Waals surface area contributed by atoms with Crippen LogP contribution < -0.4 is 5.32 Å². The van der Waals surface area contributed by atoms with Crippen LogP contribution in [0.4, 0.5) is 0 Å². The van der Waals surface area contributed by atoms with Crippen LogP contribution in [0.5, 0.6) is 0 Å². The summed E-state index contributed by atoms with van der Waals surface area (Å²) in [6.45, 7) is 9.59. The predicted molar refractivity (Wildman–Crippen MR) is 70.0 cm³/mol. The van der Waals surface area contributed by atoms with Gasteiger partial charge in [-0.15, -0.1) is 0 Å². The van der Waals surface area contributed by atoms with E-state index in [1.165, 1.54) is 18.4 Å². The van der Waals surface area contributed by atoms with Crippen LogP contribution in [0.3, 0.4) is 0 Å². The first-order valence-electron chi connectivity index (χ1n) is 6.64. The van der Waals surface area contributed by atoms with Gasteiger partial charge in [0.25, 0.3) is 0 Å². The maximum Gasteiger partial charge on any atom is 0.130 e. The average Bonchev–Trinajstić information content (AvgIpc) is 2.67. The summed E-state index contributed by atoms with van der Waals surface area (Å²) >= 11 is 0. The van der Waals surface area contributed by atoms with Gasteiger partial charge in [0.1, 0.15) is 18.1 Å². The molecule has 1 aromatic rings. The monoisotopic (exact) mass is 239 g/mol. The molecule has 0 aliphatic rings. The standard InChI is InChI=1S/C14H25NO2/c1-4-6-7-8-16-11-14-9-13(10-15-5-2)12(3)17-14/h9,15H,4-8,10-11H2,1-3H3. The molecule has 3 nitrogen and oxygen atoms in total. The smallest absolute Gasteiger partial charge is 0.130 e. The van der Waals surface area contributed by atoms with Crippen molar-refractivity contribution in [2.45, 2.75) is 53.2 Å². The second-order valence-electron chi connectivity index (χ2n) is 4.33. The Bertz CT molecular complexity index is 307. The molecule has 0 saturated heterocycles. The van der Waals surface area contributed by atoms with Gasteiger partial charge in [-0.1, -0.05) is 26.7 Å². The highest BCUT2D eigenvalue weighted by molar-refractivity contribution is 5.20. The molecule has 0 unspecified atom stereocenters. The van der Waals surface area contributed by atoms with Crippen molar-refractivity contribution >= 4 is 0 Å². The molecule has 0 fully saturated rings. The third-order valence-electron chi connectivity index (χ3n) is 2.77. The third kappa shape index (κ3) is 5.37. The fourth-order valence-electron chi connectivity index (χ4n) is 1.72. The van der Waals surface area contributed by atoms with Gasteiger partial charge in [-0.2, -0.15) is 0 Å². The second-order valence-corrected chi connectivity index (χ2v) is 4.33. The maximum atomic E-state index is 5.65. The summed E-state index contributed by atoms with van der Waals surface area (Å²) in [5, 5.41) is 3.30. The lowest BCUT2D eigenvalue weighted by Crippen LogP contribution is -2.11. The van der Waals surface area contributed by atoms with Gasteiger partial charge in [0.05, 0.1) is 0 Å². The Balaban J connectivity index is 2.28. The highest BCUT2D eigenvalue weighted by Crippen LogP contribution is 2.15. The van der Waals surface area contributed by atoms with Crippen LogP contribution in [0.2, 0.25) is 0 Å². The van der Waals surface area contributed by atoms with Gasteiger partial charge in [0, 0.05) is 18.7 Å². The van der Waals surface area contributed by atoms with Crippen LogP contribution in [0.15, 0.2) is 10.5 Å². The van der Waals surface area contributed by atoms with E-state index in [9.17, 15) is 0 Å². The molecule has 0 saturated carbocycles. The van der Waals surface area contributed by atoms with Crippen molar-refractivity contribution in [3.05, 3.63) is 23.2 Å². The lowest BCUT2D eigenvalue weighted by molar-refractivity contribution is 0.102. The number of hydrogen-bond donors (Lipinski definition) is 1. The van der Waals surface area contributed by atoms with E-state index in [1.54, 1.807) is 0 Å². The van der Waals surface area contributed by atoms with E-state index in [-0.39, 0.29) is 0 Å². The van der Waals surface area contributed by atoms with Crippen molar-refractivity contribution in [2.75, 3.05) is 13.2 Å². The lowest BCUT2D eigenvalue weighted by Gasteiger charge is -2.00. The molecular weight excluding hydrogens is 214 g/mol. The van der Waals surface area contributed by atoms with Gasteiger partial charge in [0.2, 0.25) is 0 Å². The zero-order valence-corrected chi connectivity index (χ0v) is 11.3. The molecule has 1 N–H and O–H groups in total. The number of rotatable bonds is 9. The van der Waals surface area contributed by atoms with Crippen molar-refractivity contribution in [3.63, 3.8) is 0 Å². The molecule has 0 aliphatic heterocycles. The summed E-state index contributed by atoms with van der Waals surface area (Å²) in [6.07, 6.45) is 3.61. The van der Waals surface area contributed by atoms with Crippen molar-refractivity contribution < 1.29 is 9.15 Å². The van der Waals surface area contributed by atoms with Crippen molar-refractivity contribution in [1.29, 1.82) is 0 Å². The maximum absolute atomic E-state index is 5.65. The number of ether oxygens (including phenoxy) is 1. The largest absolute Gasteiger partial charge is 0.464 e. The summed E-state index contributed by atoms with van der Waals surface area (Å²) in [4.78, 5) is 0. The molecule has 1 aromatic heterocycles. The Morgan fingerprint density at radius 3 is 2.82 bits per heavy atom. The number of unbranched alkanes of at least 4 members (excludes halogenated alkanes) is 2. The summed E-state index contributed by atoms with van der Waals surface area (Å²) in [5.74, 6) is 1.94. The van der Waals surface area contributed by atoms with Gasteiger partial charge in [-0.25, -0.2) is 0 Å². The van der Waals surface area contributed by atoms with E-state index < -0.39 is 0 Å². The number of nitrogens with one attached hydrogen (secondary N) is 1. The van der Waals surface area contributed by atoms with Crippen LogP contribution in [-0.2, 0) is 17.9 Å². The quantitative estimate of drug-likeness (QED) is 0.671. The van der Waals surface area contributed by atoms with Crippen molar-refractivity contribution in [3.8, 4) is 0 Å². The molecule has 0 radical (unpaired) electrons. The summed E-state index contributed by atoms with van der Waals surface area (Å²) < 4.78 is 11.2. The van der Waals surface area contributed by atoms with E-state index in [1.807, 2.05) is 6.92 Å². The second kappa shape index (κ2) is 8.31. The van der Waals surface area contributed by atoms with Crippen LogP contribution in [0, 0.1) is 6.92 Å². The number of furan rings is 1. The zero-order valence-electron chi connectivity index (χ0n) is 11.3. The predicted octanol–water partition coefficient (Wildman–Crippen LogP) is 3.40. The SMILES string of the molecule is CCCCCOCc1cc(CNCC)c(C)o1. The lowest BCUT2D eigenvalue weighted by atomic mass is 10.2. The van der Waals surface area contributed by atoms with Crippen LogP contribution in [-0.4, -0.2) is 13.2 Å². The Hall–Kier alpha value is -0.800.